The minimum absolute atomic E-state index is 0.135. The number of benzene rings is 1. The number of fused-ring (bicyclic) bond motifs is 2. The number of thiazole rings is 1. The number of anilines is 1. The number of hydrogen-bond donors (Lipinski definition) is 1. The van der Waals surface area contributed by atoms with Gasteiger partial charge in [-0.15, -0.1) is 11.3 Å². The third kappa shape index (κ3) is 3.05. The normalized spacial score (nSPS) is 25.7. The van der Waals surface area contributed by atoms with Gasteiger partial charge in [0.15, 0.2) is 5.13 Å². The summed E-state index contributed by atoms with van der Waals surface area (Å²) in [7, 11) is 0. The molecule has 0 spiro atoms. The molecule has 23 heavy (non-hydrogen) atoms. The summed E-state index contributed by atoms with van der Waals surface area (Å²) in [5, 5.41) is 3.76. The van der Waals surface area contributed by atoms with Gasteiger partial charge in [-0.25, -0.2) is 4.98 Å². The second-order valence-corrected chi connectivity index (χ2v) is 8.18. The summed E-state index contributed by atoms with van der Waals surface area (Å²) in [6, 6.07) is 10.2. The Hall–Kier alpha value is -1.68. The van der Waals surface area contributed by atoms with Gasteiger partial charge in [0, 0.05) is 16.9 Å². The predicted molar refractivity (Wildman–Crippen MR) is 94.5 cm³/mol. The molecule has 1 amide bonds. The van der Waals surface area contributed by atoms with Crippen LogP contribution in [0, 0.1) is 24.7 Å². The molecule has 1 aromatic heterocycles. The maximum Gasteiger partial charge on any atom is 0.226 e. The smallest absolute Gasteiger partial charge is 0.226 e. The van der Waals surface area contributed by atoms with Crippen molar-refractivity contribution in [3.63, 3.8) is 0 Å². The molecule has 1 heterocycles. The van der Waals surface area contributed by atoms with Crippen molar-refractivity contribution in [2.24, 2.45) is 17.8 Å². The van der Waals surface area contributed by atoms with Gasteiger partial charge in [-0.3, -0.25) is 4.79 Å². The number of hydrogen-bond acceptors (Lipinski definition) is 3. The summed E-state index contributed by atoms with van der Waals surface area (Å²) in [6.07, 6.45) is 5.99. The van der Waals surface area contributed by atoms with Gasteiger partial charge < -0.3 is 5.32 Å². The Morgan fingerprint density at radius 1 is 1.26 bits per heavy atom. The zero-order valence-electron chi connectivity index (χ0n) is 13.4. The van der Waals surface area contributed by atoms with Gasteiger partial charge in [-0.2, -0.15) is 0 Å². The SMILES string of the molecule is Cc1sc(NC(=O)C[C@H]2C[C@H]3CC[C@H]2C3)nc1-c1ccccc1. The monoisotopic (exact) mass is 326 g/mol. The lowest BCUT2D eigenvalue weighted by Crippen LogP contribution is -2.20. The van der Waals surface area contributed by atoms with Crippen molar-refractivity contribution in [2.75, 3.05) is 5.32 Å². The van der Waals surface area contributed by atoms with E-state index in [4.69, 9.17) is 0 Å². The minimum atomic E-state index is 0.135. The van der Waals surface area contributed by atoms with Crippen LogP contribution >= 0.6 is 11.3 Å². The molecular formula is C19H22N2OS. The van der Waals surface area contributed by atoms with Crippen LogP contribution in [-0.2, 0) is 4.79 Å². The van der Waals surface area contributed by atoms with Gasteiger partial charge in [0.2, 0.25) is 5.91 Å². The summed E-state index contributed by atoms with van der Waals surface area (Å²) in [5.74, 6) is 2.42. The Labute approximate surface area is 141 Å². The molecule has 3 nitrogen and oxygen atoms in total. The van der Waals surface area contributed by atoms with Crippen LogP contribution in [0.4, 0.5) is 5.13 Å². The van der Waals surface area contributed by atoms with E-state index in [1.807, 2.05) is 18.2 Å². The maximum absolute atomic E-state index is 12.4. The van der Waals surface area contributed by atoms with E-state index in [0.717, 1.165) is 33.1 Å². The number of rotatable bonds is 4. The van der Waals surface area contributed by atoms with E-state index in [1.165, 1.54) is 25.7 Å². The fourth-order valence-electron chi connectivity index (χ4n) is 4.35. The summed E-state index contributed by atoms with van der Waals surface area (Å²) in [5.41, 5.74) is 2.08. The average molecular weight is 326 g/mol. The zero-order valence-corrected chi connectivity index (χ0v) is 14.2. The highest BCUT2D eigenvalue weighted by Gasteiger charge is 2.40. The molecule has 2 saturated carbocycles. The first-order chi connectivity index (χ1) is 11.2. The lowest BCUT2D eigenvalue weighted by molar-refractivity contribution is -0.117. The highest BCUT2D eigenvalue weighted by Crippen LogP contribution is 2.49. The topological polar surface area (TPSA) is 42.0 Å². The molecule has 1 aromatic carbocycles. The molecule has 4 rings (SSSR count). The third-order valence-electron chi connectivity index (χ3n) is 5.42. The molecule has 2 aliphatic rings. The van der Waals surface area contributed by atoms with Crippen LogP contribution < -0.4 is 5.32 Å². The zero-order chi connectivity index (χ0) is 15.8. The molecule has 2 bridgehead atoms. The van der Waals surface area contributed by atoms with Crippen LogP contribution in [-0.4, -0.2) is 10.9 Å². The number of aryl methyl sites for hydroxylation is 1. The first-order valence-electron chi connectivity index (χ1n) is 8.51. The second kappa shape index (κ2) is 6.08. The Kier molecular flexibility index (Phi) is 3.93. The van der Waals surface area contributed by atoms with E-state index in [0.29, 0.717) is 12.3 Å². The van der Waals surface area contributed by atoms with Crippen LogP contribution in [0.1, 0.15) is 37.0 Å². The summed E-state index contributed by atoms with van der Waals surface area (Å²) < 4.78 is 0. The maximum atomic E-state index is 12.4. The Bertz CT molecular complexity index is 709. The third-order valence-corrected chi connectivity index (χ3v) is 6.31. The lowest BCUT2D eigenvalue weighted by atomic mass is 9.86. The number of nitrogens with one attached hydrogen (secondary N) is 1. The molecule has 3 atom stereocenters. The van der Waals surface area contributed by atoms with Crippen molar-refractivity contribution in [1.82, 2.24) is 4.98 Å². The number of carbonyl (C=O) groups is 1. The van der Waals surface area contributed by atoms with Gasteiger partial charge in [-0.05, 0) is 43.9 Å². The molecular weight excluding hydrogens is 304 g/mol. The molecule has 0 saturated heterocycles. The van der Waals surface area contributed by atoms with Crippen molar-refractivity contribution in [3.8, 4) is 11.3 Å². The largest absolute Gasteiger partial charge is 0.302 e. The molecule has 2 aromatic rings. The highest BCUT2D eigenvalue weighted by molar-refractivity contribution is 7.16. The van der Waals surface area contributed by atoms with Crippen LogP contribution in [0.25, 0.3) is 11.3 Å². The number of amides is 1. The highest BCUT2D eigenvalue weighted by atomic mass is 32.1. The average Bonchev–Trinajstić information content (AvgIpc) is 3.24. The summed E-state index contributed by atoms with van der Waals surface area (Å²) >= 11 is 1.57. The van der Waals surface area contributed by atoms with E-state index in [2.05, 4.69) is 29.4 Å². The van der Waals surface area contributed by atoms with Crippen LogP contribution in [0.15, 0.2) is 30.3 Å². The van der Waals surface area contributed by atoms with Crippen LogP contribution in [0.2, 0.25) is 0 Å². The van der Waals surface area contributed by atoms with Crippen LogP contribution in [0.5, 0.6) is 0 Å². The molecule has 0 radical (unpaired) electrons. The van der Waals surface area contributed by atoms with Gasteiger partial charge in [0.1, 0.15) is 0 Å². The molecule has 0 unspecified atom stereocenters. The van der Waals surface area contributed by atoms with E-state index < -0.39 is 0 Å². The lowest BCUT2D eigenvalue weighted by Gasteiger charge is -2.20. The molecule has 0 aliphatic heterocycles. The Morgan fingerprint density at radius 2 is 2.09 bits per heavy atom. The van der Waals surface area contributed by atoms with E-state index in [-0.39, 0.29) is 5.91 Å². The number of carbonyl (C=O) groups excluding carboxylic acids is 1. The molecule has 120 valence electrons. The Morgan fingerprint density at radius 3 is 2.78 bits per heavy atom. The minimum Gasteiger partial charge on any atom is -0.302 e. The second-order valence-electron chi connectivity index (χ2n) is 6.98. The van der Waals surface area contributed by atoms with Gasteiger partial charge in [-0.1, -0.05) is 36.8 Å². The fraction of sp³-hybridized carbons (Fsp3) is 0.474. The van der Waals surface area contributed by atoms with Crippen molar-refractivity contribution in [3.05, 3.63) is 35.2 Å². The number of nitrogens with zero attached hydrogens (tertiary/aromatic N) is 1. The molecule has 2 fully saturated rings. The Balaban J connectivity index is 1.42. The predicted octanol–water partition coefficient (Wildman–Crippen LogP) is 4.88. The summed E-state index contributed by atoms with van der Waals surface area (Å²) in [4.78, 5) is 18.1. The van der Waals surface area contributed by atoms with Crippen molar-refractivity contribution < 1.29 is 4.79 Å². The van der Waals surface area contributed by atoms with Crippen LogP contribution in [0.3, 0.4) is 0 Å². The standard InChI is InChI=1S/C19H22N2OS/c1-12-18(14-5-3-2-4-6-14)21-19(23-12)20-17(22)11-16-10-13-7-8-15(16)9-13/h2-6,13,15-16H,7-11H2,1H3,(H,20,21,22)/t13-,15-,16+/m0/s1. The van der Waals surface area contributed by atoms with Gasteiger partial charge in [0.05, 0.1) is 5.69 Å². The van der Waals surface area contributed by atoms with Crippen molar-refractivity contribution >= 4 is 22.4 Å². The van der Waals surface area contributed by atoms with E-state index in [9.17, 15) is 4.79 Å². The molecule has 2 aliphatic carbocycles. The van der Waals surface area contributed by atoms with Gasteiger partial charge in [0.25, 0.3) is 0 Å². The first kappa shape index (κ1) is 14.9. The fourth-order valence-corrected chi connectivity index (χ4v) is 5.20. The van der Waals surface area contributed by atoms with Crippen molar-refractivity contribution in [2.45, 2.75) is 39.0 Å². The van der Waals surface area contributed by atoms with Crippen molar-refractivity contribution in [1.29, 1.82) is 0 Å². The number of aromatic nitrogens is 1. The van der Waals surface area contributed by atoms with E-state index >= 15 is 0 Å². The molecule has 1 N–H and O–H groups in total. The summed E-state index contributed by atoms with van der Waals surface area (Å²) in [6.45, 7) is 2.06. The van der Waals surface area contributed by atoms with Gasteiger partial charge >= 0.3 is 0 Å². The van der Waals surface area contributed by atoms with E-state index in [1.54, 1.807) is 11.3 Å². The quantitative estimate of drug-likeness (QED) is 0.869. The molecule has 4 heteroatoms. The first-order valence-corrected chi connectivity index (χ1v) is 9.33.